The molecule has 1 aromatic heterocycles. The lowest BCUT2D eigenvalue weighted by Crippen LogP contribution is -2.28. The molecule has 5 nitrogen and oxygen atoms in total. The van der Waals surface area contributed by atoms with Crippen LogP contribution in [0.25, 0.3) is 11.1 Å². The summed E-state index contributed by atoms with van der Waals surface area (Å²) in [5.74, 6) is 2.10. The first-order valence-corrected chi connectivity index (χ1v) is 14.0. The molecule has 1 aliphatic heterocycles. The Bertz CT molecular complexity index is 1480. The number of aliphatic imine (C=N–C) groups is 1. The van der Waals surface area contributed by atoms with Crippen molar-refractivity contribution in [3.8, 4) is 16.9 Å². The first kappa shape index (κ1) is 26.6. The fraction of sp³-hybridized carbons (Fsp3) is 0.324. The Balaban J connectivity index is 1.49. The van der Waals surface area contributed by atoms with E-state index in [-0.39, 0.29) is 5.92 Å². The van der Waals surface area contributed by atoms with Gasteiger partial charge in [0.15, 0.2) is 0 Å². The molecule has 0 radical (unpaired) electrons. The average Bonchev–Trinajstić information content (AvgIpc) is 3.16. The van der Waals surface area contributed by atoms with Gasteiger partial charge in [-0.15, -0.1) is 0 Å². The second-order valence-corrected chi connectivity index (χ2v) is 10.5. The van der Waals surface area contributed by atoms with Crippen LogP contribution in [0.1, 0.15) is 67.5 Å². The minimum atomic E-state index is 0.181. The molecule has 5 heteroatoms. The van der Waals surface area contributed by atoms with Crippen molar-refractivity contribution in [2.75, 3.05) is 18.1 Å². The van der Waals surface area contributed by atoms with Crippen LogP contribution in [0.15, 0.2) is 78.0 Å². The summed E-state index contributed by atoms with van der Waals surface area (Å²) in [5.41, 5.74) is 10.3. The van der Waals surface area contributed by atoms with Gasteiger partial charge in [0.2, 0.25) is 0 Å². The van der Waals surface area contributed by atoms with Gasteiger partial charge in [-0.2, -0.15) is 0 Å². The predicted molar refractivity (Wildman–Crippen MR) is 162 cm³/mol. The zero-order valence-corrected chi connectivity index (χ0v) is 23.7. The summed E-state index contributed by atoms with van der Waals surface area (Å²) >= 11 is 0. The molecule has 4 aromatic rings. The molecule has 0 N–H and O–H groups in total. The summed E-state index contributed by atoms with van der Waals surface area (Å²) < 4.78 is 6.22. The number of nitrogens with zero attached hydrogens (tertiary/aromatic N) is 4. The maximum Gasteiger partial charge on any atom is 0.136 e. The second-order valence-electron chi connectivity index (χ2n) is 10.5. The number of hydrogen-bond acceptors (Lipinski definition) is 5. The van der Waals surface area contributed by atoms with Crippen LogP contribution in [-0.2, 0) is 6.54 Å². The normalized spacial score (nSPS) is 14.4. The molecule has 39 heavy (non-hydrogen) atoms. The van der Waals surface area contributed by atoms with E-state index in [9.17, 15) is 0 Å². The van der Waals surface area contributed by atoms with Gasteiger partial charge in [-0.3, -0.25) is 4.99 Å². The number of aryl methyl sites for hydroxylation is 2. The fourth-order valence-corrected chi connectivity index (χ4v) is 5.43. The van der Waals surface area contributed by atoms with Crippen LogP contribution in [0.5, 0.6) is 5.75 Å². The van der Waals surface area contributed by atoms with Gasteiger partial charge in [0.1, 0.15) is 24.5 Å². The summed E-state index contributed by atoms with van der Waals surface area (Å²) in [7, 11) is 0. The molecule has 3 aromatic carbocycles. The van der Waals surface area contributed by atoms with Crippen molar-refractivity contribution in [1.82, 2.24) is 9.97 Å². The third kappa shape index (κ3) is 5.88. The van der Waals surface area contributed by atoms with Gasteiger partial charge in [-0.25, -0.2) is 9.97 Å². The van der Waals surface area contributed by atoms with Crippen LogP contribution in [0, 0.1) is 13.8 Å². The quantitative estimate of drug-likeness (QED) is 0.231. The highest BCUT2D eigenvalue weighted by atomic mass is 16.5. The number of hydrogen-bond donors (Lipinski definition) is 0. The number of benzene rings is 3. The number of ether oxygens (including phenoxy) is 1. The maximum atomic E-state index is 6.22. The van der Waals surface area contributed by atoms with Crippen molar-refractivity contribution >= 4 is 17.2 Å². The van der Waals surface area contributed by atoms with E-state index in [1.807, 2.05) is 0 Å². The lowest BCUT2D eigenvalue weighted by Gasteiger charge is -2.27. The van der Waals surface area contributed by atoms with Crippen molar-refractivity contribution in [1.29, 1.82) is 0 Å². The van der Waals surface area contributed by atoms with Gasteiger partial charge in [-0.05, 0) is 67.6 Å². The largest absolute Gasteiger partial charge is 0.491 e. The van der Waals surface area contributed by atoms with E-state index < -0.39 is 0 Å². The first-order valence-electron chi connectivity index (χ1n) is 14.0. The number of fused-ring (bicyclic) bond motifs is 1. The van der Waals surface area contributed by atoms with E-state index in [0.717, 1.165) is 54.4 Å². The zero-order valence-electron chi connectivity index (χ0n) is 23.7. The average molecular weight is 519 g/mol. The molecule has 0 fully saturated rings. The van der Waals surface area contributed by atoms with E-state index in [1.54, 1.807) is 6.33 Å². The molecule has 0 saturated carbocycles. The summed E-state index contributed by atoms with van der Waals surface area (Å²) in [4.78, 5) is 16.6. The van der Waals surface area contributed by atoms with Gasteiger partial charge in [0.25, 0.3) is 0 Å². The maximum absolute atomic E-state index is 6.22. The summed E-state index contributed by atoms with van der Waals surface area (Å²) in [5, 5.41) is 0. The summed E-state index contributed by atoms with van der Waals surface area (Å²) in [6, 6.07) is 23.7. The molecule has 1 atom stereocenters. The zero-order chi connectivity index (χ0) is 27.4. The summed E-state index contributed by atoms with van der Waals surface area (Å²) in [6.45, 7) is 12.8. The van der Waals surface area contributed by atoms with Gasteiger partial charge < -0.3 is 9.64 Å². The van der Waals surface area contributed by atoms with Crippen molar-refractivity contribution in [2.45, 2.75) is 59.9 Å². The van der Waals surface area contributed by atoms with Crippen molar-refractivity contribution in [3.05, 3.63) is 101 Å². The Kier molecular flexibility index (Phi) is 8.06. The van der Waals surface area contributed by atoms with E-state index in [2.05, 4.69) is 111 Å². The molecular weight excluding hydrogens is 480 g/mol. The molecule has 1 aliphatic rings. The lowest BCUT2D eigenvalue weighted by molar-refractivity contribution is 0.331. The molecule has 2 heterocycles. The molecular formula is C34H38N4O. The standard InChI is InChI=1S/C34H38N4O/c1-6-10-24(3)37-31-20-29(14-13-23(31)2)28-15-16-32-30(19-28)21-38(17-18-39-32)34-33(26(5)35-22-36-34)25(4)27-11-8-7-9-12-27/h7-9,11-16,19-20,22,25H,6,10,17-18,21H2,1-5H3. The number of aromatic nitrogens is 2. The van der Waals surface area contributed by atoms with E-state index >= 15 is 0 Å². The van der Waals surface area contributed by atoms with Gasteiger partial charge in [0.05, 0.1) is 12.2 Å². The van der Waals surface area contributed by atoms with Gasteiger partial charge in [0, 0.05) is 35.0 Å². The molecule has 0 saturated heterocycles. The highest BCUT2D eigenvalue weighted by Gasteiger charge is 2.24. The first-order chi connectivity index (χ1) is 18.9. The second kappa shape index (κ2) is 11.8. The SMILES string of the molecule is CCCC(C)=Nc1cc(-c2ccc3c(c2)CN(c2ncnc(C)c2C(C)c2ccccc2)CCO3)ccc1C. The van der Waals surface area contributed by atoms with E-state index in [1.165, 1.54) is 33.5 Å². The van der Waals surface area contributed by atoms with E-state index in [4.69, 9.17) is 14.7 Å². The molecule has 200 valence electrons. The smallest absolute Gasteiger partial charge is 0.136 e. The number of anilines is 1. The highest BCUT2D eigenvalue weighted by Crippen LogP contribution is 2.36. The van der Waals surface area contributed by atoms with Crippen LogP contribution in [0.4, 0.5) is 11.5 Å². The molecule has 0 aliphatic carbocycles. The number of rotatable bonds is 7. The van der Waals surface area contributed by atoms with Gasteiger partial charge in [-0.1, -0.05) is 68.8 Å². The topological polar surface area (TPSA) is 50.6 Å². The summed E-state index contributed by atoms with van der Waals surface area (Å²) in [6.07, 6.45) is 3.81. The minimum absolute atomic E-state index is 0.181. The van der Waals surface area contributed by atoms with Crippen molar-refractivity contribution in [2.24, 2.45) is 4.99 Å². The molecule has 0 spiro atoms. The minimum Gasteiger partial charge on any atom is -0.491 e. The van der Waals surface area contributed by atoms with Gasteiger partial charge >= 0.3 is 0 Å². The Morgan fingerprint density at radius 3 is 2.56 bits per heavy atom. The lowest BCUT2D eigenvalue weighted by atomic mass is 9.92. The van der Waals surface area contributed by atoms with Crippen molar-refractivity contribution < 1.29 is 4.74 Å². The Hall–Kier alpha value is -3.99. The van der Waals surface area contributed by atoms with Crippen LogP contribution in [0.2, 0.25) is 0 Å². The Labute approximate surface area is 232 Å². The Morgan fingerprint density at radius 2 is 1.77 bits per heavy atom. The van der Waals surface area contributed by atoms with Crippen LogP contribution in [0.3, 0.4) is 0 Å². The van der Waals surface area contributed by atoms with Crippen LogP contribution < -0.4 is 9.64 Å². The molecule has 1 unspecified atom stereocenters. The van der Waals surface area contributed by atoms with E-state index in [0.29, 0.717) is 6.61 Å². The van der Waals surface area contributed by atoms with Crippen LogP contribution >= 0.6 is 0 Å². The third-order valence-electron chi connectivity index (χ3n) is 7.60. The Morgan fingerprint density at radius 1 is 1.00 bits per heavy atom. The highest BCUT2D eigenvalue weighted by molar-refractivity contribution is 5.85. The molecule has 0 bridgehead atoms. The predicted octanol–water partition coefficient (Wildman–Crippen LogP) is 8.20. The fourth-order valence-electron chi connectivity index (χ4n) is 5.43. The monoisotopic (exact) mass is 518 g/mol. The third-order valence-corrected chi connectivity index (χ3v) is 7.60. The molecule has 5 rings (SSSR count). The van der Waals surface area contributed by atoms with Crippen LogP contribution in [-0.4, -0.2) is 28.8 Å². The molecule has 0 amide bonds. The van der Waals surface area contributed by atoms with Crippen molar-refractivity contribution in [3.63, 3.8) is 0 Å².